The van der Waals surface area contributed by atoms with E-state index in [4.69, 9.17) is 8.83 Å². The molecule has 0 aliphatic rings. The molecule has 3 nitrogen and oxygen atoms in total. The largest absolute Gasteiger partial charge is 0.461 e. The Balaban J connectivity index is 2.55. The number of rotatable bonds is 4. The first kappa shape index (κ1) is 14.4. The molecule has 22 heavy (non-hydrogen) atoms. The van der Waals surface area contributed by atoms with Crippen LogP contribution in [0.1, 0.15) is 22.5 Å². The number of fused-ring (bicyclic) bond motifs is 2. The highest BCUT2D eigenvalue weighted by Crippen LogP contribution is 2.35. The van der Waals surface area contributed by atoms with E-state index in [1.807, 2.05) is 19.9 Å². The molecule has 0 bridgehead atoms. The molecule has 0 aliphatic heterocycles. The van der Waals surface area contributed by atoms with Gasteiger partial charge in [-0.25, -0.2) is 4.79 Å². The van der Waals surface area contributed by atoms with Gasteiger partial charge >= 0.3 is 5.63 Å². The highest BCUT2D eigenvalue weighted by Gasteiger charge is 2.18. The van der Waals surface area contributed by atoms with Crippen LogP contribution in [0, 0.1) is 13.8 Å². The summed E-state index contributed by atoms with van der Waals surface area (Å²) in [7, 11) is 0. The third kappa shape index (κ3) is 2.10. The van der Waals surface area contributed by atoms with Gasteiger partial charge < -0.3 is 8.83 Å². The van der Waals surface area contributed by atoms with Crippen molar-refractivity contribution in [3.8, 4) is 0 Å². The first-order valence-corrected chi connectivity index (χ1v) is 7.27. The smallest absolute Gasteiger partial charge is 0.336 e. The second kappa shape index (κ2) is 5.34. The van der Waals surface area contributed by atoms with Crippen LogP contribution in [0.2, 0.25) is 0 Å². The Morgan fingerprint density at radius 3 is 2.36 bits per heavy atom. The summed E-state index contributed by atoms with van der Waals surface area (Å²) < 4.78 is 11.4. The van der Waals surface area contributed by atoms with Crippen molar-refractivity contribution in [3.05, 3.63) is 70.3 Å². The molecule has 3 aromatic rings. The summed E-state index contributed by atoms with van der Waals surface area (Å²) in [6, 6.07) is 3.58. The van der Waals surface area contributed by atoms with Gasteiger partial charge in [0, 0.05) is 22.4 Å². The summed E-state index contributed by atoms with van der Waals surface area (Å²) in [6.07, 6.45) is 4.79. The van der Waals surface area contributed by atoms with Gasteiger partial charge in [-0.15, -0.1) is 13.2 Å². The van der Waals surface area contributed by atoms with Gasteiger partial charge in [0.2, 0.25) is 0 Å². The van der Waals surface area contributed by atoms with E-state index in [0.29, 0.717) is 18.4 Å². The number of benzene rings is 1. The molecule has 0 spiro atoms. The van der Waals surface area contributed by atoms with Gasteiger partial charge in [-0.05, 0) is 43.9 Å². The van der Waals surface area contributed by atoms with Gasteiger partial charge in [-0.3, -0.25) is 0 Å². The molecule has 0 fully saturated rings. The Bertz CT molecular complexity index is 954. The molecule has 0 atom stereocenters. The van der Waals surface area contributed by atoms with E-state index in [2.05, 4.69) is 13.2 Å². The molecule has 0 saturated heterocycles. The Kier molecular flexibility index (Phi) is 3.49. The fraction of sp³-hybridized carbons (Fsp3) is 0.211. The van der Waals surface area contributed by atoms with Crippen molar-refractivity contribution in [1.82, 2.24) is 0 Å². The number of allylic oxidation sites excluding steroid dienone is 2. The fourth-order valence-corrected chi connectivity index (χ4v) is 2.88. The van der Waals surface area contributed by atoms with Crippen LogP contribution in [-0.4, -0.2) is 0 Å². The Morgan fingerprint density at radius 1 is 1.00 bits per heavy atom. The highest BCUT2D eigenvalue weighted by molar-refractivity contribution is 6.00. The second-order valence-corrected chi connectivity index (χ2v) is 5.47. The third-order valence-corrected chi connectivity index (χ3v) is 4.07. The van der Waals surface area contributed by atoms with Gasteiger partial charge in [0.15, 0.2) is 0 Å². The van der Waals surface area contributed by atoms with E-state index in [9.17, 15) is 4.79 Å². The van der Waals surface area contributed by atoms with E-state index in [1.54, 1.807) is 12.2 Å². The molecule has 2 aromatic heterocycles. The highest BCUT2D eigenvalue weighted by atomic mass is 16.4. The minimum Gasteiger partial charge on any atom is -0.461 e. The first-order valence-electron chi connectivity index (χ1n) is 7.27. The predicted octanol–water partition coefficient (Wildman–Crippen LogP) is 4.61. The number of furan rings is 1. The maximum absolute atomic E-state index is 11.9. The van der Waals surface area contributed by atoms with Crippen LogP contribution in [-0.2, 0) is 12.8 Å². The van der Waals surface area contributed by atoms with Crippen molar-refractivity contribution >= 4 is 21.9 Å². The number of hydrogen-bond acceptors (Lipinski definition) is 3. The van der Waals surface area contributed by atoms with E-state index >= 15 is 0 Å². The zero-order valence-electron chi connectivity index (χ0n) is 12.9. The van der Waals surface area contributed by atoms with Crippen LogP contribution in [0.15, 0.2) is 51.1 Å². The minimum atomic E-state index is -0.353. The molecule has 1 aromatic carbocycles. The molecule has 2 heterocycles. The topological polar surface area (TPSA) is 43.4 Å². The summed E-state index contributed by atoms with van der Waals surface area (Å²) >= 11 is 0. The maximum atomic E-state index is 11.9. The number of hydrogen-bond donors (Lipinski definition) is 0. The van der Waals surface area contributed by atoms with Crippen molar-refractivity contribution in [3.63, 3.8) is 0 Å². The summed E-state index contributed by atoms with van der Waals surface area (Å²) in [5.41, 5.74) is 3.92. The molecule has 3 rings (SSSR count). The average molecular weight is 294 g/mol. The lowest BCUT2D eigenvalue weighted by Crippen LogP contribution is -2.02. The SMILES string of the molecule is C=CCc1cc(=O)oc2c(CC=C)c3oc(C)c(C)c3cc12. The summed E-state index contributed by atoms with van der Waals surface area (Å²) in [6.45, 7) is 11.6. The zero-order chi connectivity index (χ0) is 15.9. The molecule has 0 aliphatic carbocycles. The van der Waals surface area contributed by atoms with Gasteiger partial charge in [-0.2, -0.15) is 0 Å². The molecular weight excluding hydrogens is 276 g/mol. The molecule has 3 heteroatoms. The molecular formula is C19H18O3. The lowest BCUT2D eigenvalue weighted by atomic mass is 9.98. The number of aryl methyl sites for hydroxylation is 2. The Hall–Kier alpha value is -2.55. The van der Waals surface area contributed by atoms with E-state index in [0.717, 1.165) is 38.8 Å². The third-order valence-electron chi connectivity index (χ3n) is 4.07. The van der Waals surface area contributed by atoms with Gasteiger partial charge in [-0.1, -0.05) is 12.2 Å². The second-order valence-electron chi connectivity index (χ2n) is 5.47. The van der Waals surface area contributed by atoms with Crippen molar-refractivity contribution in [2.24, 2.45) is 0 Å². The molecule has 0 amide bonds. The monoisotopic (exact) mass is 294 g/mol. The lowest BCUT2D eigenvalue weighted by molar-refractivity contribution is 0.549. The molecule has 0 unspecified atom stereocenters. The summed E-state index contributed by atoms with van der Waals surface area (Å²) in [5.74, 6) is 0.878. The van der Waals surface area contributed by atoms with Crippen LogP contribution in [0.5, 0.6) is 0 Å². The predicted molar refractivity (Wildman–Crippen MR) is 89.5 cm³/mol. The lowest BCUT2D eigenvalue weighted by Gasteiger charge is -2.08. The molecule has 0 radical (unpaired) electrons. The van der Waals surface area contributed by atoms with Crippen molar-refractivity contribution in [2.75, 3.05) is 0 Å². The molecule has 0 N–H and O–H groups in total. The van der Waals surface area contributed by atoms with Gasteiger partial charge in [0.05, 0.1) is 0 Å². The molecule has 0 saturated carbocycles. The van der Waals surface area contributed by atoms with E-state index in [-0.39, 0.29) is 5.63 Å². The maximum Gasteiger partial charge on any atom is 0.336 e. The summed E-state index contributed by atoms with van der Waals surface area (Å²) in [4.78, 5) is 11.9. The Labute approximate surface area is 128 Å². The van der Waals surface area contributed by atoms with Crippen molar-refractivity contribution in [2.45, 2.75) is 26.7 Å². The van der Waals surface area contributed by atoms with Crippen LogP contribution in [0.4, 0.5) is 0 Å². The summed E-state index contributed by atoms with van der Waals surface area (Å²) in [5, 5.41) is 1.99. The van der Waals surface area contributed by atoms with Crippen LogP contribution < -0.4 is 5.63 Å². The first-order chi connectivity index (χ1) is 10.6. The normalized spacial score (nSPS) is 11.2. The van der Waals surface area contributed by atoms with Gasteiger partial charge in [0.25, 0.3) is 0 Å². The van der Waals surface area contributed by atoms with E-state index in [1.165, 1.54) is 6.07 Å². The van der Waals surface area contributed by atoms with Crippen LogP contribution >= 0.6 is 0 Å². The molecule has 112 valence electrons. The fourth-order valence-electron chi connectivity index (χ4n) is 2.88. The zero-order valence-corrected chi connectivity index (χ0v) is 12.9. The Morgan fingerprint density at radius 2 is 1.68 bits per heavy atom. The van der Waals surface area contributed by atoms with Crippen molar-refractivity contribution in [1.29, 1.82) is 0 Å². The van der Waals surface area contributed by atoms with E-state index < -0.39 is 0 Å². The minimum absolute atomic E-state index is 0.353. The average Bonchev–Trinajstić information content (AvgIpc) is 2.76. The van der Waals surface area contributed by atoms with Crippen LogP contribution in [0.25, 0.3) is 21.9 Å². The van der Waals surface area contributed by atoms with Crippen molar-refractivity contribution < 1.29 is 8.83 Å². The standard InChI is InChI=1S/C19H18O3/c1-5-7-13-9-17(20)22-19-14(8-6-2)18-15(10-16(13)19)11(3)12(4)21-18/h5-6,9-10H,1-2,7-8H2,3-4H3. The quantitative estimate of drug-likeness (QED) is 0.521. The van der Waals surface area contributed by atoms with Crippen LogP contribution in [0.3, 0.4) is 0 Å². The van der Waals surface area contributed by atoms with Gasteiger partial charge in [0.1, 0.15) is 16.9 Å².